The summed E-state index contributed by atoms with van der Waals surface area (Å²) in [4.78, 5) is 29.2. The molecule has 2 aromatic rings. The van der Waals surface area contributed by atoms with Gasteiger partial charge in [0.05, 0.1) is 11.0 Å². The summed E-state index contributed by atoms with van der Waals surface area (Å²) in [7, 11) is 0. The van der Waals surface area contributed by atoms with Gasteiger partial charge in [-0.1, -0.05) is 25.7 Å². The standard InChI is InChI=1S/C24H34N4O2/c25-23(29)20-13-22-21(27-24(30)28-22)12-19(20)15-6-8-17(9-7-15)26-18-10-5-14-3-1-2-4-16(14)11-18/h12-18,26H,1-11H2,(H2,25,29)(H2,27,28,30). The predicted molar refractivity (Wildman–Crippen MR) is 119 cm³/mol. The van der Waals surface area contributed by atoms with Crippen LogP contribution in [0.25, 0.3) is 11.0 Å². The Morgan fingerprint density at radius 1 is 0.867 bits per heavy atom. The van der Waals surface area contributed by atoms with Crippen molar-refractivity contribution in [2.45, 2.75) is 88.6 Å². The van der Waals surface area contributed by atoms with Crippen molar-refractivity contribution in [3.8, 4) is 0 Å². The van der Waals surface area contributed by atoms with E-state index in [2.05, 4.69) is 15.3 Å². The van der Waals surface area contributed by atoms with Gasteiger partial charge in [-0.15, -0.1) is 0 Å². The minimum Gasteiger partial charge on any atom is -0.366 e. The van der Waals surface area contributed by atoms with Crippen LogP contribution in [0.5, 0.6) is 0 Å². The molecule has 1 aromatic carbocycles. The van der Waals surface area contributed by atoms with Gasteiger partial charge in [-0.05, 0) is 80.4 Å². The van der Waals surface area contributed by atoms with E-state index in [1.807, 2.05) is 6.07 Å². The number of rotatable bonds is 4. The molecule has 1 heterocycles. The fourth-order valence-corrected chi connectivity index (χ4v) is 6.58. The molecule has 0 radical (unpaired) electrons. The SMILES string of the molecule is NC(=O)c1cc2[nH]c(=O)[nH]c2cc1C1CCC(NC2CCC3CCCCC3C2)CC1. The summed E-state index contributed by atoms with van der Waals surface area (Å²) in [6, 6.07) is 4.96. The monoisotopic (exact) mass is 410 g/mol. The average Bonchev–Trinajstić information content (AvgIpc) is 3.12. The number of imidazole rings is 1. The van der Waals surface area contributed by atoms with Crippen molar-refractivity contribution in [3.63, 3.8) is 0 Å². The molecule has 0 spiro atoms. The number of amides is 1. The molecule has 3 saturated carbocycles. The highest BCUT2D eigenvalue weighted by atomic mass is 16.1. The number of carbonyl (C=O) groups is 1. The normalized spacial score (nSPS) is 32.1. The zero-order valence-electron chi connectivity index (χ0n) is 17.7. The third kappa shape index (κ3) is 3.94. The minimum atomic E-state index is -0.418. The second kappa shape index (κ2) is 8.22. The lowest BCUT2D eigenvalue weighted by molar-refractivity contribution is 0.0998. The van der Waals surface area contributed by atoms with Gasteiger partial charge in [0, 0.05) is 17.6 Å². The lowest BCUT2D eigenvalue weighted by atomic mass is 9.69. The van der Waals surface area contributed by atoms with Crippen molar-refractivity contribution in [1.29, 1.82) is 0 Å². The van der Waals surface area contributed by atoms with Crippen molar-refractivity contribution < 1.29 is 4.79 Å². The summed E-state index contributed by atoms with van der Waals surface area (Å²) in [6.45, 7) is 0. The third-order valence-corrected chi connectivity index (χ3v) is 8.13. The van der Waals surface area contributed by atoms with Crippen molar-refractivity contribution in [3.05, 3.63) is 33.7 Å². The van der Waals surface area contributed by atoms with Gasteiger partial charge in [-0.3, -0.25) is 4.79 Å². The van der Waals surface area contributed by atoms with E-state index in [9.17, 15) is 9.59 Å². The Labute approximate surface area is 177 Å². The van der Waals surface area contributed by atoms with Crippen LogP contribution in [0.4, 0.5) is 0 Å². The van der Waals surface area contributed by atoms with Gasteiger partial charge in [0.2, 0.25) is 5.91 Å². The zero-order chi connectivity index (χ0) is 20.7. The van der Waals surface area contributed by atoms with Gasteiger partial charge in [-0.25, -0.2) is 4.79 Å². The molecular weight excluding hydrogens is 376 g/mol. The Hall–Kier alpha value is -2.08. The topological polar surface area (TPSA) is 104 Å². The maximum atomic E-state index is 12.1. The largest absolute Gasteiger partial charge is 0.366 e. The van der Waals surface area contributed by atoms with Crippen LogP contribution in [-0.2, 0) is 0 Å². The van der Waals surface area contributed by atoms with Gasteiger partial charge in [0.15, 0.2) is 0 Å². The molecule has 6 heteroatoms. The van der Waals surface area contributed by atoms with Crippen LogP contribution >= 0.6 is 0 Å². The maximum Gasteiger partial charge on any atom is 0.323 e. The van der Waals surface area contributed by atoms with Crippen LogP contribution in [0.15, 0.2) is 16.9 Å². The molecule has 1 aromatic heterocycles. The Bertz CT molecular complexity index is 969. The summed E-state index contributed by atoms with van der Waals surface area (Å²) < 4.78 is 0. The first-order chi connectivity index (χ1) is 14.6. The third-order valence-electron chi connectivity index (χ3n) is 8.13. The molecule has 6 nitrogen and oxygen atoms in total. The number of hydrogen-bond donors (Lipinski definition) is 4. The number of nitrogens with two attached hydrogens (primary N) is 1. The molecule has 1 amide bonds. The summed E-state index contributed by atoms with van der Waals surface area (Å²) >= 11 is 0. The summed E-state index contributed by atoms with van der Waals surface area (Å²) in [6.07, 6.45) is 14.3. The molecule has 0 saturated heterocycles. The van der Waals surface area contributed by atoms with Crippen molar-refractivity contribution >= 4 is 16.9 Å². The fourth-order valence-electron chi connectivity index (χ4n) is 6.58. The van der Waals surface area contributed by atoms with Gasteiger partial charge in [0.1, 0.15) is 0 Å². The first-order valence-corrected chi connectivity index (χ1v) is 11.9. The average molecular weight is 411 g/mol. The van der Waals surface area contributed by atoms with Gasteiger partial charge < -0.3 is 21.0 Å². The molecular formula is C24H34N4O2. The van der Waals surface area contributed by atoms with Crippen molar-refractivity contribution in [2.75, 3.05) is 0 Å². The fraction of sp³-hybridized carbons (Fsp3) is 0.667. The summed E-state index contributed by atoms with van der Waals surface area (Å²) in [5.74, 6) is 1.85. The number of primary amides is 1. The molecule has 3 fully saturated rings. The van der Waals surface area contributed by atoms with Crippen LogP contribution in [0, 0.1) is 11.8 Å². The molecule has 3 aliphatic rings. The smallest absolute Gasteiger partial charge is 0.323 e. The predicted octanol–water partition coefficient (Wildman–Crippen LogP) is 3.93. The van der Waals surface area contributed by atoms with E-state index < -0.39 is 5.91 Å². The molecule has 0 bridgehead atoms. The highest BCUT2D eigenvalue weighted by molar-refractivity contribution is 5.98. The van der Waals surface area contributed by atoms with Crippen LogP contribution in [0.2, 0.25) is 0 Å². The summed E-state index contributed by atoms with van der Waals surface area (Å²) in [5.41, 5.74) is 8.36. The van der Waals surface area contributed by atoms with E-state index in [1.165, 1.54) is 44.9 Å². The molecule has 162 valence electrons. The first kappa shape index (κ1) is 19.9. The number of fused-ring (bicyclic) bond motifs is 2. The Balaban J connectivity index is 1.23. The van der Waals surface area contributed by atoms with Crippen molar-refractivity contribution in [1.82, 2.24) is 15.3 Å². The van der Waals surface area contributed by atoms with Crippen LogP contribution in [0.1, 0.15) is 92.5 Å². The van der Waals surface area contributed by atoms with Crippen LogP contribution < -0.4 is 16.7 Å². The maximum absolute atomic E-state index is 12.1. The Morgan fingerprint density at radius 2 is 1.53 bits per heavy atom. The summed E-state index contributed by atoms with van der Waals surface area (Å²) in [5, 5.41) is 3.99. The number of hydrogen-bond acceptors (Lipinski definition) is 3. The van der Waals surface area contributed by atoms with Crippen LogP contribution in [0.3, 0.4) is 0 Å². The lowest BCUT2D eigenvalue weighted by Gasteiger charge is -2.41. The Morgan fingerprint density at radius 3 is 2.27 bits per heavy atom. The van der Waals surface area contributed by atoms with E-state index in [0.717, 1.165) is 48.6 Å². The molecule has 3 atom stereocenters. The van der Waals surface area contributed by atoms with E-state index in [4.69, 9.17) is 5.73 Å². The Kier molecular flexibility index (Phi) is 5.44. The number of nitrogens with one attached hydrogen (secondary N) is 3. The zero-order valence-corrected chi connectivity index (χ0v) is 17.7. The van der Waals surface area contributed by atoms with Gasteiger partial charge >= 0.3 is 5.69 Å². The first-order valence-electron chi connectivity index (χ1n) is 11.9. The lowest BCUT2D eigenvalue weighted by Crippen LogP contribution is -2.44. The molecule has 3 unspecified atom stereocenters. The van der Waals surface area contributed by atoms with E-state index in [1.54, 1.807) is 6.07 Å². The molecule has 0 aliphatic heterocycles. The molecule has 5 N–H and O–H groups in total. The van der Waals surface area contributed by atoms with Gasteiger partial charge in [-0.2, -0.15) is 0 Å². The van der Waals surface area contributed by atoms with Gasteiger partial charge in [0.25, 0.3) is 0 Å². The molecule has 3 aliphatic carbocycles. The number of H-pyrrole nitrogens is 2. The second-order valence-corrected chi connectivity index (χ2v) is 9.96. The number of aromatic nitrogens is 2. The highest BCUT2D eigenvalue weighted by Gasteiger charge is 2.34. The second-order valence-electron chi connectivity index (χ2n) is 9.96. The number of benzene rings is 1. The van der Waals surface area contributed by atoms with Crippen LogP contribution in [-0.4, -0.2) is 28.0 Å². The molecule has 30 heavy (non-hydrogen) atoms. The quantitative estimate of drug-likeness (QED) is 0.614. The number of carbonyl (C=O) groups excluding carboxylic acids is 1. The van der Waals surface area contributed by atoms with E-state index in [0.29, 0.717) is 29.1 Å². The number of aromatic amines is 2. The molecule has 5 rings (SSSR count). The minimum absolute atomic E-state index is 0.252. The van der Waals surface area contributed by atoms with E-state index in [-0.39, 0.29) is 5.69 Å². The van der Waals surface area contributed by atoms with Crippen molar-refractivity contribution in [2.24, 2.45) is 17.6 Å². The van der Waals surface area contributed by atoms with E-state index >= 15 is 0 Å². The highest BCUT2D eigenvalue weighted by Crippen LogP contribution is 2.41.